The van der Waals surface area contributed by atoms with Crippen molar-refractivity contribution in [3.8, 4) is 33.4 Å². The second kappa shape index (κ2) is 24.1. The molecular formula is C69H55ClN14O4S2. The lowest BCUT2D eigenvalue weighted by Gasteiger charge is -2.27. The Bertz CT molecular complexity index is 5490. The number of pyridine rings is 3. The molecule has 0 unspecified atom stereocenters. The van der Waals surface area contributed by atoms with Crippen LogP contribution in [-0.4, -0.2) is 87.9 Å². The van der Waals surface area contributed by atoms with Gasteiger partial charge in [-0.1, -0.05) is 54.1 Å². The molecule has 0 atom stereocenters. The zero-order valence-corrected chi connectivity index (χ0v) is 51.6. The van der Waals surface area contributed by atoms with Crippen LogP contribution < -0.4 is 10.2 Å². The smallest absolute Gasteiger partial charge is 0.177 e. The van der Waals surface area contributed by atoms with Crippen LogP contribution in [0.5, 0.6) is 0 Å². The van der Waals surface area contributed by atoms with Gasteiger partial charge in [-0.2, -0.15) is 0 Å². The van der Waals surface area contributed by atoms with Crippen LogP contribution in [0.2, 0.25) is 5.02 Å². The van der Waals surface area contributed by atoms with Crippen LogP contribution in [0.3, 0.4) is 0 Å². The van der Waals surface area contributed by atoms with Gasteiger partial charge in [0.05, 0.1) is 66.7 Å². The van der Waals surface area contributed by atoms with Crippen LogP contribution in [0.1, 0.15) is 5.56 Å². The molecule has 0 fully saturated rings. The first-order valence-corrected chi connectivity index (χ1v) is 32.4. The molecule has 21 heteroatoms. The number of aryl methyl sites for hydroxylation is 3. The summed E-state index contributed by atoms with van der Waals surface area (Å²) in [6, 6.07) is 43.6. The zero-order valence-electron chi connectivity index (χ0n) is 49.2. The van der Waals surface area contributed by atoms with E-state index in [4.69, 9.17) is 11.6 Å². The molecule has 9 aromatic heterocycles. The highest BCUT2D eigenvalue weighted by Gasteiger charge is 2.23. The maximum atomic E-state index is 12.8. The minimum absolute atomic E-state index is 0.188. The Kier molecular flexibility index (Phi) is 15.6. The van der Waals surface area contributed by atoms with E-state index in [1.807, 2.05) is 87.0 Å². The second-order valence-electron chi connectivity index (χ2n) is 21.7. The first kappa shape index (κ1) is 58.2. The fourth-order valence-electron chi connectivity index (χ4n) is 11.2. The number of aromatic nitrogens is 12. The highest BCUT2D eigenvalue weighted by Crippen LogP contribution is 2.40. The van der Waals surface area contributed by atoms with Gasteiger partial charge in [0.15, 0.2) is 19.7 Å². The predicted octanol–water partition coefficient (Wildman–Crippen LogP) is 14.1. The number of benzene rings is 6. The fraction of sp³-hybridized carbons (Fsp3) is 0.0870. The van der Waals surface area contributed by atoms with Gasteiger partial charge in [0, 0.05) is 170 Å². The topological polar surface area (TPSA) is 214 Å². The predicted molar refractivity (Wildman–Crippen MR) is 357 cm³/mol. The van der Waals surface area contributed by atoms with Crippen molar-refractivity contribution in [3.63, 3.8) is 0 Å². The Morgan fingerprint density at radius 3 is 1.44 bits per heavy atom. The molecule has 444 valence electrons. The first-order chi connectivity index (χ1) is 43.5. The lowest BCUT2D eigenvalue weighted by Crippen LogP contribution is -2.20. The van der Waals surface area contributed by atoms with E-state index in [9.17, 15) is 16.8 Å². The third kappa shape index (κ3) is 11.9. The van der Waals surface area contributed by atoms with Crippen LogP contribution in [0.4, 0.5) is 22.7 Å². The molecule has 1 N–H and O–H groups in total. The van der Waals surface area contributed by atoms with Crippen molar-refractivity contribution in [3.05, 3.63) is 237 Å². The van der Waals surface area contributed by atoms with Crippen LogP contribution in [-0.2, 0) is 47.4 Å². The Hall–Kier alpha value is -10.8. The summed E-state index contributed by atoms with van der Waals surface area (Å²) >= 11 is 6.23. The number of fused-ring (bicyclic) bond motifs is 6. The summed E-state index contributed by atoms with van der Waals surface area (Å²) < 4.78 is 56.2. The summed E-state index contributed by atoms with van der Waals surface area (Å²) in [5.41, 5.74) is 17.2. The van der Waals surface area contributed by atoms with Gasteiger partial charge < -0.3 is 23.9 Å². The summed E-state index contributed by atoms with van der Waals surface area (Å²) in [5, 5.41) is 7.41. The summed E-state index contributed by atoms with van der Waals surface area (Å²) in [7, 11) is -0.875. The number of nitrogens with one attached hydrogen (secondary N) is 1. The third-order valence-electron chi connectivity index (χ3n) is 15.6. The number of rotatable bonds is 11. The fourth-order valence-corrected chi connectivity index (χ4v) is 13.1. The molecule has 0 amide bonds. The van der Waals surface area contributed by atoms with Crippen LogP contribution in [0.25, 0.3) is 99.2 Å². The maximum Gasteiger partial charge on any atom is 0.177 e. The van der Waals surface area contributed by atoms with Gasteiger partial charge in [-0.05, 0) is 129 Å². The van der Waals surface area contributed by atoms with Gasteiger partial charge in [-0.15, -0.1) is 0 Å². The highest BCUT2D eigenvalue weighted by molar-refractivity contribution is 7.91. The summed E-state index contributed by atoms with van der Waals surface area (Å²) in [6.45, 7) is 0.379. The number of hydrogen-bond donors (Lipinski definition) is 1. The molecule has 90 heavy (non-hydrogen) atoms. The summed E-state index contributed by atoms with van der Waals surface area (Å²) in [5.74, 6) is 0. The average molecular weight is 1240 g/mol. The molecule has 0 saturated carbocycles. The molecule has 0 aliphatic heterocycles. The Labute approximate surface area is 522 Å². The van der Waals surface area contributed by atoms with E-state index in [1.165, 1.54) is 54.1 Å². The van der Waals surface area contributed by atoms with Crippen LogP contribution in [0, 0.1) is 0 Å². The van der Waals surface area contributed by atoms with Gasteiger partial charge in [0.2, 0.25) is 0 Å². The largest absolute Gasteiger partial charge is 0.353 e. The average Bonchev–Trinajstić information content (AvgIpc) is 1.04. The standard InChI is InChI=1S/C29H24N6O2S.C23H19N5O2S.C17H12ClN3/c1-34-13-8-21-5-6-22(14-26(21)34)24-15-23(16-25-29(24)33-12-11-32-25)35(19-20-4-3-9-30-17-20)27-18-31-10-7-28(27)38(2,36)37;1-28-10-6-15-3-4-16(11-21(15)28)18-12-17(13-19-23(18)26-9-8-25-19)27-20-14-24-7-5-22(20)31(2,29)30;1-21-7-4-11-2-3-12(8-16(11)21)14-9-13(18)10-15-17(14)20-6-5-19-15/h3-18H,19H2,1-2H3;3-14,27H,1-2H3;2-10H,1H3. The van der Waals surface area contributed by atoms with Gasteiger partial charge in [0.25, 0.3) is 0 Å². The number of sulfone groups is 2. The van der Waals surface area contributed by atoms with Crippen molar-refractivity contribution in [2.45, 2.75) is 16.3 Å². The summed E-state index contributed by atoms with van der Waals surface area (Å²) in [4.78, 5) is 42.0. The van der Waals surface area contributed by atoms with Crippen LogP contribution in [0.15, 0.2) is 236 Å². The molecular weight excluding hydrogens is 1190 g/mol. The van der Waals surface area contributed by atoms with Gasteiger partial charge in [0.1, 0.15) is 0 Å². The van der Waals surface area contributed by atoms with Crippen molar-refractivity contribution >= 4 is 120 Å². The Morgan fingerprint density at radius 2 is 0.922 bits per heavy atom. The molecule has 6 aromatic carbocycles. The molecule has 15 rings (SSSR count). The van der Waals surface area contributed by atoms with E-state index in [0.717, 1.165) is 88.5 Å². The minimum Gasteiger partial charge on any atom is -0.353 e. The van der Waals surface area contributed by atoms with Crippen LogP contribution >= 0.6 is 11.6 Å². The monoisotopic (exact) mass is 1240 g/mol. The molecule has 0 aliphatic rings. The molecule has 18 nitrogen and oxygen atoms in total. The molecule has 0 spiro atoms. The molecule has 0 bridgehead atoms. The van der Waals surface area contributed by atoms with Gasteiger partial charge in [-0.3, -0.25) is 44.9 Å². The third-order valence-corrected chi connectivity index (χ3v) is 18.1. The molecule has 15 aromatic rings. The second-order valence-corrected chi connectivity index (χ2v) is 26.1. The van der Waals surface area contributed by atoms with Crippen molar-refractivity contribution in [2.75, 3.05) is 22.7 Å². The Morgan fingerprint density at radius 1 is 0.456 bits per heavy atom. The minimum atomic E-state index is -3.53. The first-order valence-electron chi connectivity index (χ1n) is 28.3. The molecule has 9 heterocycles. The number of nitrogens with zero attached hydrogens (tertiary/aromatic N) is 13. The van der Waals surface area contributed by atoms with Crippen molar-refractivity contribution in [1.82, 2.24) is 58.6 Å². The number of anilines is 4. The maximum absolute atomic E-state index is 12.8. The molecule has 0 aliphatic carbocycles. The van der Waals surface area contributed by atoms with E-state index in [2.05, 4.69) is 143 Å². The molecule has 0 saturated heterocycles. The van der Waals surface area contributed by atoms with E-state index >= 15 is 0 Å². The number of hydrogen-bond acceptors (Lipinski definition) is 15. The highest BCUT2D eigenvalue weighted by atomic mass is 35.5. The van der Waals surface area contributed by atoms with E-state index in [0.29, 0.717) is 39.7 Å². The quantitative estimate of drug-likeness (QED) is 0.127. The summed E-state index contributed by atoms with van der Waals surface area (Å²) in [6.07, 6.45) is 28.1. The lowest BCUT2D eigenvalue weighted by atomic mass is 10.0. The van der Waals surface area contributed by atoms with E-state index in [1.54, 1.807) is 55.8 Å². The normalized spacial score (nSPS) is 11.7. The Balaban J connectivity index is 0.000000129. The number of halogens is 1. The zero-order chi connectivity index (χ0) is 62.3. The van der Waals surface area contributed by atoms with Crippen molar-refractivity contribution in [2.24, 2.45) is 21.1 Å². The van der Waals surface area contributed by atoms with Crippen molar-refractivity contribution < 1.29 is 16.8 Å². The molecule has 0 radical (unpaired) electrons. The SMILES string of the molecule is Cn1ccc2ccc(-c3cc(Cl)cc4nccnc34)cc21.Cn1ccc2ccc(-c3cc(N(Cc4cccnc4)c4cnccc4S(C)(=O)=O)cc4nccnc34)cc21.Cn1ccc2ccc(-c3cc(Nc4cnccc4S(C)(=O)=O)cc4nccnc34)cc21. The lowest BCUT2D eigenvalue weighted by molar-refractivity contribution is 0.600. The van der Waals surface area contributed by atoms with Crippen molar-refractivity contribution in [1.29, 1.82) is 0 Å². The van der Waals surface area contributed by atoms with Gasteiger partial charge in [-0.25, -0.2) is 16.8 Å². The van der Waals surface area contributed by atoms with E-state index < -0.39 is 19.7 Å². The van der Waals surface area contributed by atoms with E-state index in [-0.39, 0.29) is 9.79 Å². The van der Waals surface area contributed by atoms with Gasteiger partial charge >= 0.3 is 0 Å².